The highest BCUT2D eigenvalue weighted by Gasteiger charge is 2.32. The molecule has 0 fully saturated rings. The SMILES string of the molecule is O=C(NNc1cc(Cl)cc(C(F)(F)F)c1)c1cccn1-c1ncc(C(F)(F)F)cc1Cl. The number of amides is 1. The molecule has 0 aliphatic heterocycles. The zero-order valence-electron chi connectivity index (χ0n) is 14.9. The summed E-state index contributed by atoms with van der Waals surface area (Å²) in [7, 11) is 0. The van der Waals surface area contributed by atoms with Crippen molar-refractivity contribution in [2.45, 2.75) is 12.4 Å². The third kappa shape index (κ3) is 5.23. The summed E-state index contributed by atoms with van der Waals surface area (Å²) < 4.78 is 78.1. The molecule has 0 aliphatic rings. The third-order valence-corrected chi connectivity index (χ3v) is 4.40. The number of hydrogen-bond acceptors (Lipinski definition) is 3. The molecule has 0 atom stereocenters. The monoisotopic (exact) mass is 482 g/mol. The van der Waals surface area contributed by atoms with Gasteiger partial charge in [-0.15, -0.1) is 0 Å². The fourth-order valence-electron chi connectivity index (χ4n) is 2.53. The lowest BCUT2D eigenvalue weighted by molar-refractivity contribution is -0.138. The van der Waals surface area contributed by atoms with Gasteiger partial charge in [-0.3, -0.25) is 20.2 Å². The van der Waals surface area contributed by atoms with Crippen LogP contribution in [0.3, 0.4) is 0 Å². The number of nitrogens with zero attached hydrogens (tertiary/aromatic N) is 2. The number of rotatable bonds is 4. The number of carbonyl (C=O) groups excluding carboxylic acids is 1. The molecule has 31 heavy (non-hydrogen) atoms. The molecule has 0 spiro atoms. The summed E-state index contributed by atoms with van der Waals surface area (Å²) in [5.74, 6) is -0.969. The van der Waals surface area contributed by atoms with Crippen LogP contribution in [0.1, 0.15) is 21.6 Å². The quantitative estimate of drug-likeness (QED) is 0.355. The summed E-state index contributed by atoms with van der Waals surface area (Å²) in [4.78, 5) is 16.1. The Morgan fingerprint density at radius 2 is 1.65 bits per heavy atom. The van der Waals surface area contributed by atoms with E-state index in [0.717, 1.165) is 22.8 Å². The van der Waals surface area contributed by atoms with Gasteiger partial charge >= 0.3 is 12.4 Å². The van der Waals surface area contributed by atoms with Crippen LogP contribution in [0.5, 0.6) is 0 Å². The van der Waals surface area contributed by atoms with E-state index in [-0.39, 0.29) is 27.2 Å². The van der Waals surface area contributed by atoms with Crippen LogP contribution in [0, 0.1) is 0 Å². The van der Waals surface area contributed by atoms with E-state index in [0.29, 0.717) is 12.3 Å². The van der Waals surface area contributed by atoms with Gasteiger partial charge in [0, 0.05) is 17.4 Å². The summed E-state index contributed by atoms with van der Waals surface area (Å²) in [6.45, 7) is 0. The first kappa shape index (κ1) is 22.8. The Labute approximate surface area is 180 Å². The van der Waals surface area contributed by atoms with E-state index in [1.165, 1.54) is 18.3 Å². The number of alkyl halides is 6. The van der Waals surface area contributed by atoms with Gasteiger partial charge < -0.3 is 0 Å². The average Bonchev–Trinajstić information content (AvgIpc) is 3.13. The summed E-state index contributed by atoms with van der Waals surface area (Å²) in [6.07, 6.45) is -7.41. The van der Waals surface area contributed by atoms with Gasteiger partial charge in [-0.2, -0.15) is 26.3 Å². The molecule has 2 aromatic heterocycles. The highest BCUT2D eigenvalue weighted by atomic mass is 35.5. The first-order chi connectivity index (χ1) is 14.4. The number of hydrazine groups is 1. The smallest absolute Gasteiger partial charge is 0.298 e. The van der Waals surface area contributed by atoms with Crippen LogP contribution in [0.4, 0.5) is 32.0 Å². The van der Waals surface area contributed by atoms with Crippen molar-refractivity contribution in [2.24, 2.45) is 0 Å². The molecule has 13 heteroatoms. The fourth-order valence-corrected chi connectivity index (χ4v) is 3.02. The molecule has 0 bridgehead atoms. The Bertz CT molecular complexity index is 1130. The molecule has 1 amide bonds. The number of pyridine rings is 1. The van der Waals surface area contributed by atoms with Crippen LogP contribution in [0.15, 0.2) is 48.8 Å². The lowest BCUT2D eigenvalue weighted by Crippen LogP contribution is -2.31. The van der Waals surface area contributed by atoms with E-state index in [9.17, 15) is 31.1 Å². The van der Waals surface area contributed by atoms with Gasteiger partial charge in [0.05, 0.1) is 21.8 Å². The van der Waals surface area contributed by atoms with Gasteiger partial charge in [0.2, 0.25) is 0 Å². The molecule has 0 saturated carbocycles. The number of aromatic nitrogens is 2. The van der Waals surface area contributed by atoms with Crippen molar-refractivity contribution in [1.29, 1.82) is 0 Å². The minimum atomic E-state index is -4.65. The van der Waals surface area contributed by atoms with E-state index >= 15 is 0 Å². The molecular weight excluding hydrogens is 473 g/mol. The van der Waals surface area contributed by atoms with Gasteiger partial charge in [-0.25, -0.2) is 4.98 Å². The van der Waals surface area contributed by atoms with Gasteiger partial charge in [-0.1, -0.05) is 23.2 Å². The predicted molar refractivity (Wildman–Crippen MR) is 101 cm³/mol. The summed E-state index contributed by atoms with van der Waals surface area (Å²) in [5.41, 5.74) is 2.16. The fraction of sp³-hybridized carbons (Fsp3) is 0.111. The number of hydrogen-bond donors (Lipinski definition) is 2. The first-order valence-electron chi connectivity index (χ1n) is 8.21. The normalized spacial score (nSPS) is 12.0. The van der Waals surface area contributed by atoms with Crippen molar-refractivity contribution < 1.29 is 31.1 Å². The minimum Gasteiger partial charge on any atom is -0.298 e. The van der Waals surface area contributed by atoms with Gasteiger partial charge in [0.15, 0.2) is 5.82 Å². The van der Waals surface area contributed by atoms with Crippen LogP contribution in [-0.2, 0) is 12.4 Å². The average molecular weight is 483 g/mol. The standard InChI is InChI=1S/C18H10Cl2F6N4O/c19-11-4-9(17(21,22)23)5-12(7-11)28-29-16(31)14-2-1-3-30(14)15-13(20)6-10(8-27-15)18(24,25)26/h1-8,28H,(H,29,31). The summed E-state index contributed by atoms with van der Waals surface area (Å²) >= 11 is 11.6. The van der Waals surface area contributed by atoms with Crippen LogP contribution in [-0.4, -0.2) is 15.5 Å². The van der Waals surface area contributed by atoms with Crippen LogP contribution in [0.2, 0.25) is 10.0 Å². The molecule has 2 heterocycles. The molecule has 5 nitrogen and oxygen atoms in total. The maximum absolute atomic E-state index is 12.9. The van der Waals surface area contributed by atoms with Gasteiger partial charge in [0.25, 0.3) is 5.91 Å². The van der Waals surface area contributed by atoms with Crippen molar-refractivity contribution in [2.75, 3.05) is 5.43 Å². The number of nitrogens with one attached hydrogen (secondary N) is 2. The molecule has 3 aromatic rings. The first-order valence-corrected chi connectivity index (χ1v) is 8.96. The van der Waals surface area contributed by atoms with Crippen LogP contribution < -0.4 is 10.9 Å². The molecule has 164 valence electrons. The third-order valence-electron chi connectivity index (χ3n) is 3.90. The highest BCUT2D eigenvalue weighted by molar-refractivity contribution is 6.32. The summed E-state index contributed by atoms with van der Waals surface area (Å²) in [6, 6.07) is 5.99. The zero-order chi connectivity index (χ0) is 23.0. The van der Waals surface area contributed by atoms with E-state index in [2.05, 4.69) is 15.8 Å². The largest absolute Gasteiger partial charge is 0.417 e. The highest BCUT2D eigenvalue weighted by Crippen LogP contribution is 2.34. The number of halogens is 8. The lowest BCUT2D eigenvalue weighted by atomic mass is 10.2. The maximum atomic E-state index is 12.9. The maximum Gasteiger partial charge on any atom is 0.417 e. The number of benzene rings is 1. The van der Waals surface area contributed by atoms with E-state index in [1.54, 1.807) is 0 Å². The van der Waals surface area contributed by atoms with Crippen molar-refractivity contribution >= 4 is 34.8 Å². The summed E-state index contributed by atoms with van der Waals surface area (Å²) in [5, 5.41) is -0.576. The molecule has 0 radical (unpaired) electrons. The van der Waals surface area contributed by atoms with Crippen molar-refractivity contribution in [3.63, 3.8) is 0 Å². The minimum absolute atomic E-state index is 0.0975. The Balaban J connectivity index is 1.82. The lowest BCUT2D eigenvalue weighted by Gasteiger charge is -2.14. The molecule has 0 saturated heterocycles. The Kier molecular flexibility index (Phi) is 6.10. The Morgan fingerprint density at radius 3 is 2.26 bits per heavy atom. The molecule has 0 aliphatic carbocycles. The number of carbonyl (C=O) groups is 1. The Morgan fingerprint density at radius 1 is 0.968 bits per heavy atom. The second kappa shape index (κ2) is 8.31. The molecular formula is C18H10Cl2F6N4O. The van der Waals surface area contributed by atoms with Crippen molar-refractivity contribution in [3.8, 4) is 5.82 Å². The van der Waals surface area contributed by atoms with E-state index in [4.69, 9.17) is 23.2 Å². The number of anilines is 1. The second-order valence-electron chi connectivity index (χ2n) is 6.10. The molecule has 1 aromatic carbocycles. The van der Waals surface area contributed by atoms with Crippen LogP contribution >= 0.6 is 23.2 Å². The molecule has 3 rings (SSSR count). The molecule has 0 unspecified atom stereocenters. The second-order valence-corrected chi connectivity index (χ2v) is 6.94. The predicted octanol–water partition coefficient (Wildman–Crippen LogP) is 5.97. The van der Waals surface area contributed by atoms with Crippen molar-refractivity contribution in [3.05, 3.63) is 75.7 Å². The van der Waals surface area contributed by atoms with Gasteiger partial charge in [0.1, 0.15) is 5.69 Å². The van der Waals surface area contributed by atoms with E-state index in [1.807, 2.05) is 0 Å². The van der Waals surface area contributed by atoms with Crippen LogP contribution in [0.25, 0.3) is 5.82 Å². The topological polar surface area (TPSA) is 59.0 Å². The van der Waals surface area contributed by atoms with Crippen molar-refractivity contribution in [1.82, 2.24) is 15.0 Å². The molecule has 2 N–H and O–H groups in total. The Hall–Kier alpha value is -2.92. The van der Waals surface area contributed by atoms with E-state index < -0.39 is 29.4 Å². The van der Waals surface area contributed by atoms with Gasteiger partial charge in [-0.05, 0) is 36.4 Å². The zero-order valence-corrected chi connectivity index (χ0v) is 16.5.